The molecule has 1 heterocycles. The second-order valence-corrected chi connectivity index (χ2v) is 7.06. The molecule has 6 nitrogen and oxygen atoms in total. The van der Waals surface area contributed by atoms with Crippen LogP contribution in [-0.4, -0.2) is 38.7 Å². The SMILES string of the molecule is COc1cc(CN2C(=O)C(C)CC2c2c(OC)cccc2OC)ccc1OC(F)F. The van der Waals surface area contributed by atoms with Crippen LogP contribution in [0.4, 0.5) is 8.78 Å². The van der Waals surface area contributed by atoms with E-state index < -0.39 is 6.61 Å². The summed E-state index contributed by atoms with van der Waals surface area (Å²) in [7, 11) is 4.54. The lowest BCUT2D eigenvalue weighted by molar-refractivity contribution is -0.132. The molecule has 2 aromatic carbocycles. The molecule has 0 aromatic heterocycles. The molecular weight excluding hydrogens is 396 g/mol. The van der Waals surface area contributed by atoms with Crippen LogP contribution < -0.4 is 18.9 Å². The number of likely N-dealkylation sites (tertiary alicyclic amines) is 1. The van der Waals surface area contributed by atoms with Gasteiger partial charge in [-0.3, -0.25) is 4.79 Å². The normalized spacial score (nSPS) is 18.6. The molecule has 2 atom stereocenters. The van der Waals surface area contributed by atoms with E-state index in [1.807, 2.05) is 25.1 Å². The van der Waals surface area contributed by atoms with Gasteiger partial charge in [0.2, 0.25) is 5.91 Å². The van der Waals surface area contributed by atoms with Gasteiger partial charge >= 0.3 is 6.61 Å². The molecule has 1 amide bonds. The minimum Gasteiger partial charge on any atom is -0.496 e. The number of benzene rings is 2. The van der Waals surface area contributed by atoms with Gasteiger partial charge in [0.25, 0.3) is 0 Å². The Morgan fingerprint density at radius 3 is 2.20 bits per heavy atom. The minimum absolute atomic E-state index is 0.000155. The van der Waals surface area contributed by atoms with Gasteiger partial charge in [-0.2, -0.15) is 8.78 Å². The van der Waals surface area contributed by atoms with Crippen LogP contribution in [0.15, 0.2) is 36.4 Å². The molecule has 0 spiro atoms. The molecule has 0 aliphatic carbocycles. The van der Waals surface area contributed by atoms with Gasteiger partial charge < -0.3 is 23.8 Å². The van der Waals surface area contributed by atoms with Crippen molar-refractivity contribution in [2.24, 2.45) is 5.92 Å². The lowest BCUT2D eigenvalue weighted by Crippen LogP contribution is -2.29. The van der Waals surface area contributed by atoms with Gasteiger partial charge in [0, 0.05) is 12.5 Å². The molecule has 0 saturated carbocycles. The molecule has 0 N–H and O–H groups in total. The average Bonchev–Trinajstić information content (AvgIpc) is 3.01. The predicted octanol–water partition coefficient (Wildman–Crippen LogP) is 4.42. The molecule has 2 unspecified atom stereocenters. The van der Waals surface area contributed by atoms with Gasteiger partial charge in [-0.1, -0.05) is 19.1 Å². The third-order valence-corrected chi connectivity index (χ3v) is 5.25. The first kappa shape index (κ1) is 21.7. The second kappa shape index (κ2) is 9.19. The van der Waals surface area contributed by atoms with Gasteiger partial charge in [0.15, 0.2) is 11.5 Å². The summed E-state index contributed by atoms with van der Waals surface area (Å²) in [6, 6.07) is 9.92. The van der Waals surface area contributed by atoms with Crippen molar-refractivity contribution in [3.8, 4) is 23.0 Å². The van der Waals surface area contributed by atoms with Gasteiger partial charge in [-0.25, -0.2) is 0 Å². The first-order valence-electron chi connectivity index (χ1n) is 9.52. The third-order valence-electron chi connectivity index (χ3n) is 5.25. The highest BCUT2D eigenvalue weighted by Crippen LogP contribution is 2.45. The Kier molecular flexibility index (Phi) is 6.64. The second-order valence-electron chi connectivity index (χ2n) is 7.06. The molecule has 1 saturated heterocycles. The maximum Gasteiger partial charge on any atom is 0.387 e. The summed E-state index contributed by atoms with van der Waals surface area (Å²) < 4.78 is 45.9. The molecule has 1 fully saturated rings. The Labute approximate surface area is 174 Å². The van der Waals surface area contributed by atoms with E-state index in [1.54, 1.807) is 31.3 Å². The van der Waals surface area contributed by atoms with Crippen molar-refractivity contribution in [3.63, 3.8) is 0 Å². The number of amides is 1. The number of ether oxygens (including phenoxy) is 4. The summed E-state index contributed by atoms with van der Waals surface area (Å²) in [5.41, 5.74) is 1.54. The molecule has 30 heavy (non-hydrogen) atoms. The lowest BCUT2D eigenvalue weighted by atomic mass is 9.98. The number of hydrogen-bond acceptors (Lipinski definition) is 5. The molecule has 2 aromatic rings. The first-order chi connectivity index (χ1) is 14.4. The zero-order chi connectivity index (χ0) is 21.8. The van der Waals surface area contributed by atoms with Gasteiger partial charge in [0.1, 0.15) is 11.5 Å². The number of alkyl halides is 2. The zero-order valence-corrected chi connectivity index (χ0v) is 17.4. The Morgan fingerprint density at radius 1 is 1.00 bits per heavy atom. The molecule has 1 aliphatic rings. The van der Waals surface area contributed by atoms with E-state index in [-0.39, 0.29) is 35.9 Å². The van der Waals surface area contributed by atoms with Gasteiger partial charge in [-0.05, 0) is 36.2 Å². The Bertz CT molecular complexity index is 883. The maximum absolute atomic E-state index is 12.9. The van der Waals surface area contributed by atoms with E-state index in [0.29, 0.717) is 17.9 Å². The van der Waals surface area contributed by atoms with E-state index in [9.17, 15) is 13.6 Å². The number of carbonyl (C=O) groups excluding carboxylic acids is 1. The summed E-state index contributed by atoms with van der Waals surface area (Å²) in [4.78, 5) is 14.7. The van der Waals surface area contributed by atoms with E-state index in [0.717, 1.165) is 11.1 Å². The van der Waals surface area contributed by atoms with Crippen molar-refractivity contribution in [2.45, 2.75) is 32.5 Å². The van der Waals surface area contributed by atoms with Crippen LogP contribution in [0.25, 0.3) is 0 Å². The summed E-state index contributed by atoms with van der Waals surface area (Å²) in [5.74, 6) is 1.24. The van der Waals surface area contributed by atoms with Crippen LogP contribution in [0, 0.1) is 5.92 Å². The molecule has 8 heteroatoms. The van der Waals surface area contributed by atoms with Crippen LogP contribution in [0.3, 0.4) is 0 Å². The highest BCUT2D eigenvalue weighted by atomic mass is 19.3. The van der Waals surface area contributed by atoms with Crippen LogP contribution in [0.1, 0.15) is 30.5 Å². The number of hydrogen-bond donors (Lipinski definition) is 0. The average molecular weight is 421 g/mol. The molecular formula is C22H25F2NO5. The number of halogens is 2. The number of methoxy groups -OCH3 is 3. The highest BCUT2D eigenvalue weighted by molar-refractivity contribution is 5.82. The Balaban J connectivity index is 1.96. The summed E-state index contributed by atoms with van der Waals surface area (Å²) in [5, 5.41) is 0. The Morgan fingerprint density at radius 2 is 1.63 bits per heavy atom. The van der Waals surface area contributed by atoms with Crippen molar-refractivity contribution in [1.82, 2.24) is 4.90 Å². The van der Waals surface area contributed by atoms with Crippen LogP contribution in [0.5, 0.6) is 23.0 Å². The summed E-state index contributed by atoms with van der Waals surface area (Å²) in [6.45, 7) is -0.786. The van der Waals surface area contributed by atoms with E-state index >= 15 is 0 Å². The molecule has 0 radical (unpaired) electrons. The topological polar surface area (TPSA) is 57.2 Å². The fraction of sp³-hybridized carbons (Fsp3) is 0.409. The third kappa shape index (κ3) is 4.27. The smallest absolute Gasteiger partial charge is 0.387 e. The fourth-order valence-electron chi connectivity index (χ4n) is 3.87. The number of nitrogens with zero attached hydrogens (tertiary/aromatic N) is 1. The van der Waals surface area contributed by atoms with Crippen molar-refractivity contribution >= 4 is 5.91 Å². The minimum atomic E-state index is -2.95. The van der Waals surface area contributed by atoms with E-state index in [4.69, 9.17) is 14.2 Å². The summed E-state index contributed by atoms with van der Waals surface area (Å²) in [6.07, 6.45) is 0.610. The molecule has 162 valence electrons. The first-order valence-corrected chi connectivity index (χ1v) is 9.52. The quantitative estimate of drug-likeness (QED) is 0.632. The van der Waals surface area contributed by atoms with Gasteiger partial charge in [-0.15, -0.1) is 0 Å². The number of carbonyl (C=O) groups is 1. The monoisotopic (exact) mass is 421 g/mol. The van der Waals surface area contributed by atoms with Crippen LogP contribution >= 0.6 is 0 Å². The van der Waals surface area contributed by atoms with E-state index in [2.05, 4.69) is 4.74 Å². The van der Waals surface area contributed by atoms with Crippen molar-refractivity contribution in [1.29, 1.82) is 0 Å². The van der Waals surface area contributed by atoms with Crippen molar-refractivity contribution in [3.05, 3.63) is 47.5 Å². The van der Waals surface area contributed by atoms with Crippen LogP contribution in [0.2, 0.25) is 0 Å². The van der Waals surface area contributed by atoms with Gasteiger partial charge in [0.05, 0.1) is 32.9 Å². The van der Waals surface area contributed by atoms with E-state index in [1.165, 1.54) is 13.2 Å². The Hall–Kier alpha value is -3.03. The zero-order valence-electron chi connectivity index (χ0n) is 17.4. The summed E-state index contributed by atoms with van der Waals surface area (Å²) >= 11 is 0. The van der Waals surface area contributed by atoms with Crippen molar-refractivity contribution in [2.75, 3.05) is 21.3 Å². The number of rotatable bonds is 8. The molecule has 1 aliphatic heterocycles. The van der Waals surface area contributed by atoms with Crippen molar-refractivity contribution < 1.29 is 32.5 Å². The molecule has 3 rings (SSSR count). The predicted molar refractivity (Wildman–Crippen MR) is 106 cm³/mol. The van der Waals surface area contributed by atoms with Crippen LogP contribution in [-0.2, 0) is 11.3 Å². The largest absolute Gasteiger partial charge is 0.496 e. The molecule has 0 bridgehead atoms. The fourth-order valence-corrected chi connectivity index (χ4v) is 3.87. The maximum atomic E-state index is 12.9. The standard InChI is InChI=1S/C22H25F2NO5/c1-13-10-15(20-17(27-2)6-5-7-18(20)28-3)25(21(13)26)12-14-8-9-16(30-22(23)24)19(11-14)29-4/h5-9,11,13,15,22H,10,12H2,1-4H3. The lowest BCUT2D eigenvalue weighted by Gasteiger charge is -2.28. The highest BCUT2D eigenvalue weighted by Gasteiger charge is 2.40.